The summed E-state index contributed by atoms with van der Waals surface area (Å²) < 4.78 is 0. The first-order valence-corrected chi connectivity index (χ1v) is 8.04. The summed E-state index contributed by atoms with van der Waals surface area (Å²) in [6, 6.07) is 11.5. The number of carbonyl (C=O) groups excluding carboxylic acids is 2. The van der Waals surface area contributed by atoms with Crippen molar-refractivity contribution in [3.8, 4) is 0 Å². The lowest BCUT2D eigenvalue weighted by atomic mass is 10.0. The number of rotatable bonds is 5. The van der Waals surface area contributed by atoms with Gasteiger partial charge in [0.05, 0.1) is 6.42 Å². The van der Waals surface area contributed by atoms with Crippen molar-refractivity contribution in [2.24, 2.45) is 0 Å². The molecule has 0 aromatic heterocycles. The molecule has 3 nitrogen and oxygen atoms in total. The molecular formula is C21H23NO2. The Kier molecular flexibility index (Phi) is 5.69. The number of Topliss-reactive ketones (excluding diaryl/α,β-unsaturated/α-hetero) is 1. The summed E-state index contributed by atoms with van der Waals surface area (Å²) in [6.07, 6.45) is 4.02. The van der Waals surface area contributed by atoms with Gasteiger partial charge in [-0.1, -0.05) is 53.6 Å². The number of ketones is 1. The molecule has 0 spiro atoms. The minimum absolute atomic E-state index is 0.0199. The normalized spacial score (nSPS) is 10.8. The fraction of sp³-hybridized carbons (Fsp3) is 0.238. The van der Waals surface area contributed by atoms with E-state index in [1.807, 2.05) is 51.1 Å². The van der Waals surface area contributed by atoms with Crippen molar-refractivity contribution in [1.82, 2.24) is 0 Å². The topological polar surface area (TPSA) is 46.2 Å². The van der Waals surface area contributed by atoms with Crippen molar-refractivity contribution in [2.75, 3.05) is 5.32 Å². The van der Waals surface area contributed by atoms with Crippen LogP contribution in [0.15, 0.2) is 42.5 Å². The highest BCUT2D eigenvalue weighted by atomic mass is 16.1. The molecule has 0 atom stereocenters. The predicted octanol–water partition coefficient (Wildman–Crippen LogP) is 4.72. The summed E-state index contributed by atoms with van der Waals surface area (Å²) in [5.41, 5.74) is 5.30. The van der Waals surface area contributed by atoms with Crippen LogP contribution >= 0.6 is 0 Å². The number of hydrogen-bond acceptors (Lipinski definition) is 2. The van der Waals surface area contributed by atoms with Gasteiger partial charge in [-0.2, -0.15) is 0 Å². The van der Waals surface area contributed by atoms with Gasteiger partial charge in [0.15, 0.2) is 5.78 Å². The Morgan fingerprint density at radius 1 is 1.08 bits per heavy atom. The van der Waals surface area contributed by atoms with Gasteiger partial charge in [-0.05, 0) is 39.3 Å². The molecule has 0 fully saturated rings. The van der Waals surface area contributed by atoms with Gasteiger partial charge in [-0.3, -0.25) is 9.59 Å². The van der Waals surface area contributed by atoms with Crippen molar-refractivity contribution < 1.29 is 9.59 Å². The molecular weight excluding hydrogens is 298 g/mol. The highest BCUT2D eigenvalue weighted by molar-refractivity contribution is 6.02. The van der Waals surface area contributed by atoms with Crippen molar-refractivity contribution in [1.29, 1.82) is 0 Å². The van der Waals surface area contributed by atoms with E-state index in [-0.39, 0.29) is 11.7 Å². The van der Waals surface area contributed by atoms with Gasteiger partial charge in [0.1, 0.15) is 0 Å². The van der Waals surface area contributed by atoms with Crippen LogP contribution in [-0.2, 0) is 11.2 Å². The molecule has 0 bridgehead atoms. The molecule has 0 aliphatic heterocycles. The Morgan fingerprint density at radius 3 is 2.33 bits per heavy atom. The second-order valence-corrected chi connectivity index (χ2v) is 6.04. The fourth-order valence-electron chi connectivity index (χ4n) is 2.88. The summed E-state index contributed by atoms with van der Waals surface area (Å²) in [5, 5.41) is 2.94. The number of aryl methyl sites for hydroxylation is 2. The van der Waals surface area contributed by atoms with Crippen molar-refractivity contribution in [3.05, 3.63) is 70.3 Å². The van der Waals surface area contributed by atoms with Gasteiger partial charge in [-0.25, -0.2) is 0 Å². The minimum Gasteiger partial charge on any atom is -0.325 e. The highest BCUT2D eigenvalue weighted by Gasteiger charge is 2.12. The van der Waals surface area contributed by atoms with E-state index in [0.717, 1.165) is 22.3 Å². The fourth-order valence-corrected chi connectivity index (χ4v) is 2.88. The molecule has 2 aromatic carbocycles. The van der Waals surface area contributed by atoms with Gasteiger partial charge < -0.3 is 5.32 Å². The van der Waals surface area contributed by atoms with Crippen LogP contribution in [0.25, 0.3) is 6.08 Å². The zero-order valence-electron chi connectivity index (χ0n) is 14.6. The summed E-state index contributed by atoms with van der Waals surface area (Å²) in [4.78, 5) is 24.2. The molecule has 1 N–H and O–H groups in total. The molecule has 0 heterocycles. The Bertz CT molecular complexity index is 783. The van der Waals surface area contributed by atoms with Crippen LogP contribution in [0, 0.1) is 13.8 Å². The molecule has 24 heavy (non-hydrogen) atoms. The van der Waals surface area contributed by atoms with Gasteiger partial charge >= 0.3 is 0 Å². The van der Waals surface area contributed by atoms with Gasteiger partial charge in [0.25, 0.3) is 0 Å². The SMILES string of the molecule is C/C=C\c1c(NC(=O)Cc2cc(C)cc(C)c2)cccc1C(C)=O. The lowest BCUT2D eigenvalue weighted by molar-refractivity contribution is -0.115. The summed E-state index contributed by atoms with van der Waals surface area (Å²) in [5.74, 6) is -0.111. The van der Waals surface area contributed by atoms with E-state index in [1.54, 1.807) is 12.1 Å². The van der Waals surface area contributed by atoms with Crippen LogP contribution in [0.5, 0.6) is 0 Å². The molecule has 2 aromatic rings. The number of nitrogens with one attached hydrogen (secondary N) is 1. The lowest BCUT2D eigenvalue weighted by Gasteiger charge is -2.12. The summed E-state index contributed by atoms with van der Waals surface area (Å²) >= 11 is 0. The number of allylic oxidation sites excluding steroid dienone is 1. The van der Waals surface area contributed by atoms with E-state index in [0.29, 0.717) is 17.7 Å². The molecule has 0 unspecified atom stereocenters. The van der Waals surface area contributed by atoms with Crippen LogP contribution in [0.2, 0.25) is 0 Å². The minimum atomic E-state index is -0.0912. The second kappa shape index (κ2) is 7.73. The molecule has 0 aliphatic carbocycles. The van der Waals surface area contributed by atoms with E-state index in [4.69, 9.17) is 0 Å². The van der Waals surface area contributed by atoms with Crippen LogP contribution in [0.4, 0.5) is 5.69 Å². The third kappa shape index (κ3) is 4.42. The Hall–Kier alpha value is -2.68. The van der Waals surface area contributed by atoms with Crippen LogP contribution in [0.3, 0.4) is 0 Å². The molecule has 0 radical (unpaired) electrons. The third-order valence-corrected chi connectivity index (χ3v) is 3.74. The number of hydrogen-bond donors (Lipinski definition) is 1. The van der Waals surface area contributed by atoms with E-state index in [2.05, 4.69) is 11.4 Å². The number of anilines is 1. The number of amides is 1. The molecule has 2 rings (SSSR count). The van der Waals surface area contributed by atoms with Gasteiger partial charge in [-0.15, -0.1) is 0 Å². The average Bonchev–Trinajstić information content (AvgIpc) is 2.47. The largest absolute Gasteiger partial charge is 0.325 e. The van der Waals surface area contributed by atoms with E-state index < -0.39 is 0 Å². The van der Waals surface area contributed by atoms with Gasteiger partial charge in [0, 0.05) is 16.8 Å². The molecule has 0 saturated carbocycles. The smallest absolute Gasteiger partial charge is 0.228 e. The molecule has 124 valence electrons. The zero-order valence-corrected chi connectivity index (χ0v) is 14.6. The van der Waals surface area contributed by atoms with E-state index in [9.17, 15) is 9.59 Å². The summed E-state index contributed by atoms with van der Waals surface area (Å²) in [7, 11) is 0. The van der Waals surface area contributed by atoms with Crippen LogP contribution in [-0.4, -0.2) is 11.7 Å². The van der Waals surface area contributed by atoms with Crippen molar-refractivity contribution in [2.45, 2.75) is 34.1 Å². The molecule has 1 amide bonds. The maximum Gasteiger partial charge on any atom is 0.228 e. The Morgan fingerprint density at radius 2 is 1.75 bits per heavy atom. The standard InChI is InChI=1S/C21H23NO2/c1-5-7-19-18(16(4)23)8-6-9-20(19)22-21(24)13-17-11-14(2)10-15(3)12-17/h5-12H,13H2,1-4H3,(H,22,24)/b7-5-. The summed E-state index contributed by atoms with van der Waals surface area (Å²) in [6.45, 7) is 7.46. The molecule has 3 heteroatoms. The van der Waals surface area contributed by atoms with Crippen LogP contribution in [0.1, 0.15) is 46.5 Å². The first-order valence-electron chi connectivity index (χ1n) is 8.04. The van der Waals surface area contributed by atoms with Crippen LogP contribution < -0.4 is 5.32 Å². The quantitative estimate of drug-likeness (QED) is 0.810. The maximum absolute atomic E-state index is 12.4. The number of carbonyl (C=O) groups is 2. The number of benzene rings is 2. The third-order valence-electron chi connectivity index (χ3n) is 3.74. The van der Waals surface area contributed by atoms with E-state index >= 15 is 0 Å². The average molecular weight is 321 g/mol. The van der Waals surface area contributed by atoms with Crippen molar-refractivity contribution >= 4 is 23.5 Å². The lowest BCUT2D eigenvalue weighted by Crippen LogP contribution is -2.16. The predicted molar refractivity (Wildman–Crippen MR) is 99.4 cm³/mol. The zero-order chi connectivity index (χ0) is 17.7. The monoisotopic (exact) mass is 321 g/mol. The van der Waals surface area contributed by atoms with Crippen molar-refractivity contribution in [3.63, 3.8) is 0 Å². The first kappa shape index (κ1) is 17.7. The molecule has 0 saturated heterocycles. The maximum atomic E-state index is 12.4. The first-order chi connectivity index (χ1) is 11.4. The Balaban J connectivity index is 2.25. The highest BCUT2D eigenvalue weighted by Crippen LogP contribution is 2.23. The second-order valence-electron chi connectivity index (χ2n) is 6.04. The molecule has 0 aliphatic rings. The van der Waals surface area contributed by atoms with Gasteiger partial charge in [0.2, 0.25) is 5.91 Å². The van der Waals surface area contributed by atoms with E-state index in [1.165, 1.54) is 6.92 Å². The Labute approximate surface area is 143 Å².